The number of fused-ring (bicyclic) bond motifs is 5. The van der Waals surface area contributed by atoms with Crippen LogP contribution in [-0.2, 0) is 18.9 Å². The van der Waals surface area contributed by atoms with Crippen LogP contribution in [0.5, 0.6) is 0 Å². The summed E-state index contributed by atoms with van der Waals surface area (Å²) in [6.07, 6.45) is 9.78. The summed E-state index contributed by atoms with van der Waals surface area (Å²) < 4.78 is 33.4. The van der Waals surface area contributed by atoms with Gasteiger partial charge in [0.2, 0.25) is 0 Å². The Morgan fingerprint density at radius 3 is 2.38 bits per heavy atom. The van der Waals surface area contributed by atoms with Crippen LogP contribution >= 0.6 is 0 Å². The number of ether oxygens (including phenoxy) is 4. The second-order valence-electron chi connectivity index (χ2n) is 10.9. The summed E-state index contributed by atoms with van der Waals surface area (Å²) in [5.41, 5.74) is 3.21. The van der Waals surface area contributed by atoms with E-state index in [0.29, 0.717) is 25.0 Å². The normalized spacial score (nSPS) is 48.2. The molecular formula is C25H36O4. The Hall–Kier alpha value is -0.680. The molecule has 4 nitrogen and oxygen atoms in total. The quantitative estimate of drug-likeness (QED) is 0.580. The molecule has 1 spiro atoms. The summed E-state index contributed by atoms with van der Waals surface area (Å²) in [5.74, 6) is 0.467. The molecule has 0 radical (unpaired) electrons. The molecule has 160 valence electrons. The van der Waals surface area contributed by atoms with Gasteiger partial charge in [0.25, 0.3) is 0 Å². The fourth-order valence-electron chi connectivity index (χ4n) is 8.02. The van der Waals surface area contributed by atoms with Gasteiger partial charge in [0.15, 0.2) is 11.6 Å². The lowest BCUT2D eigenvalue weighted by molar-refractivity contribution is -0.205. The van der Waals surface area contributed by atoms with Crippen molar-refractivity contribution in [2.24, 2.45) is 28.6 Å². The van der Waals surface area contributed by atoms with E-state index in [9.17, 15) is 0 Å². The molecule has 4 aliphatic carbocycles. The highest BCUT2D eigenvalue weighted by atomic mass is 16.7. The maximum atomic E-state index is 9.02. The highest BCUT2D eigenvalue weighted by Crippen LogP contribution is 2.67. The zero-order valence-corrected chi connectivity index (χ0v) is 18.2. The van der Waals surface area contributed by atoms with Gasteiger partial charge in [-0.1, -0.05) is 37.1 Å². The van der Waals surface area contributed by atoms with Crippen LogP contribution in [0.2, 0.25) is 0 Å². The van der Waals surface area contributed by atoms with Crippen LogP contribution in [0, 0.1) is 28.6 Å². The van der Waals surface area contributed by atoms with Gasteiger partial charge >= 0.3 is 0 Å². The predicted octanol–water partition coefficient (Wildman–Crippen LogP) is 4.99. The Morgan fingerprint density at radius 2 is 1.62 bits per heavy atom. The monoisotopic (exact) mass is 401 g/mol. The van der Waals surface area contributed by atoms with Crippen LogP contribution in [-0.4, -0.2) is 38.0 Å². The third-order valence-corrected chi connectivity index (χ3v) is 9.67. The summed E-state index contributed by atoms with van der Waals surface area (Å²) in [4.78, 5) is 0. The lowest BCUT2D eigenvalue weighted by Crippen LogP contribution is -2.52. The number of hydrogen-bond donors (Lipinski definition) is 0. The molecule has 0 unspecified atom stereocenters. The van der Waals surface area contributed by atoms with Crippen molar-refractivity contribution >= 4 is 0 Å². The molecule has 5 atom stereocenters. The molecule has 2 saturated heterocycles. The van der Waals surface area contributed by atoms with Crippen LogP contribution in [0.25, 0.3) is 0 Å². The van der Waals surface area contributed by atoms with Crippen molar-refractivity contribution in [2.75, 3.05) is 26.4 Å². The third-order valence-electron chi connectivity index (χ3n) is 9.67. The highest BCUT2D eigenvalue weighted by Gasteiger charge is 2.61. The molecule has 2 aliphatic heterocycles. The molecule has 0 bridgehead atoms. The van der Waals surface area contributed by atoms with Crippen molar-refractivity contribution < 1.29 is 20.3 Å². The molecule has 6 aliphatic rings. The van der Waals surface area contributed by atoms with Crippen molar-refractivity contribution in [1.82, 2.24) is 0 Å². The standard InChI is InChI=1S/C25H36O4/c1-22-10-11-25(28-14-15-29-25)16-17(22)4-5-18-19-6-7-21(24(3)26-12-13-27-24)23(19,2)9-8-20(18)22/h4,6,18,20-21H,5,7-16H2,1-3H3/t18-,20-,21-,22-,23-/m0/s1/i6D. The van der Waals surface area contributed by atoms with Crippen LogP contribution in [0.4, 0.5) is 0 Å². The van der Waals surface area contributed by atoms with Crippen molar-refractivity contribution in [2.45, 2.75) is 77.3 Å². The fraction of sp³-hybridized carbons (Fsp3) is 0.840. The summed E-state index contributed by atoms with van der Waals surface area (Å²) >= 11 is 0. The first kappa shape index (κ1) is 17.9. The Morgan fingerprint density at radius 1 is 0.897 bits per heavy atom. The van der Waals surface area contributed by atoms with E-state index < -0.39 is 5.79 Å². The number of allylic oxidation sites excluding steroid dienone is 3. The molecule has 4 fully saturated rings. The molecule has 0 aromatic heterocycles. The minimum absolute atomic E-state index is 0.0204. The van der Waals surface area contributed by atoms with Gasteiger partial charge in [-0.2, -0.15) is 0 Å². The topological polar surface area (TPSA) is 36.9 Å². The van der Waals surface area contributed by atoms with Crippen molar-refractivity contribution in [1.29, 1.82) is 0 Å². The van der Waals surface area contributed by atoms with Gasteiger partial charge < -0.3 is 18.9 Å². The minimum atomic E-state index is -0.538. The van der Waals surface area contributed by atoms with Gasteiger partial charge in [-0.3, -0.25) is 0 Å². The van der Waals surface area contributed by atoms with Gasteiger partial charge in [-0.25, -0.2) is 0 Å². The molecule has 2 heterocycles. The average molecular weight is 402 g/mol. The molecule has 2 saturated carbocycles. The molecule has 0 N–H and O–H groups in total. The largest absolute Gasteiger partial charge is 0.347 e. The van der Waals surface area contributed by atoms with E-state index >= 15 is 0 Å². The number of hydrogen-bond acceptors (Lipinski definition) is 4. The molecule has 0 aromatic rings. The SMILES string of the molecule is [2H]C1=C2[C@@H]3CC=C4CC5(CC[C@]4(C)[C@H]3CC[C@]2(C)[C@@H](C2(C)OCCO2)C1)OCCO5. The van der Waals surface area contributed by atoms with Crippen LogP contribution < -0.4 is 0 Å². The van der Waals surface area contributed by atoms with Gasteiger partial charge in [0, 0.05) is 18.8 Å². The smallest absolute Gasteiger partial charge is 0.172 e. The maximum absolute atomic E-state index is 9.02. The molecule has 0 aromatic carbocycles. The van der Waals surface area contributed by atoms with E-state index in [1.165, 1.54) is 12.0 Å². The van der Waals surface area contributed by atoms with E-state index in [1.54, 1.807) is 5.57 Å². The second kappa shape index (κ2) is 6.18. The molecule has 29 heavy (non-hydrogen) atoms. The highest BCUT2D eigenvalue weighted by molar-refractivity contribution is 5.35. The Balaban J connectivity index is 1.33. The Bertz CT molecular complexity index is 806. The zero-order valence-electron chi connectivity index (χ0n) is 19.2. The first-order chi connectivity index (χ1) is 14.3. The van der Waals surface area contributed by atoms with Gasteiger partial charge in [0.1, 0.15) is 0 Å². The third kappa shape index (κ3) is 2.52. The average Bonchev–Trinajstić information content (AvgIpc) is 3.42. The lowest BCUT2D eigenvalue weighted by Gasteiger charge is -2.58. The predicted molar refractivity (Wildman–Crippen MR) is 110 cm³/mol. The number of rotatable bonds is 1. The fourth-order valence-corrected chi connectivity index (χ4v) is 8.02. The minimum Gasteiger partial charge on any atom is -0.347 e. The van der Waals surface area contributed by atoms with Crippen molar-refractivity contribution in [3.05, 3.63) is 23.3 Å². The summed E-state index contributed by atoms with van der Waals surface area (Å²) in [6, 6.07) is 0.868. The lowest BCUT2D eigenvalue weighted by atomic mass is 9.48. The molecule has 0 amide bonds. The molecular weight excluding hydrogens is 364 g/mol. The zero-order chi connectivity index (χ0) is 20.8. The first-order valence-corrected chi connectivity index (χ1v) is 11.8. The van der Waals surface area contributed by atoms with Gasteiger partial charge in [0.05, 0.1) is 27.8 Å². The molecule has 6 rings (SSSR count). The van der Waals surface area contributed by atoms with Crippen molar-refractivity contribution in [3.8, 4) is 0 Å². The van der Waals surface area contributed by atoms with E-state index in [0.717, 1.165) is 57.8 Å². The Kier molecular flexibility index (Phi) is 3.83. The maximum Gasteiger partial charge on any atom is 0.172 e. The van der Waals surface area contributed by atoms with E-state index in [-0.39, 0.29) is 22.5 Å². The second-order valence-corrected chi connectivity index (χ2v) is 10.9. The molecule has 4 heteroatoms. The van der Waals surface area contributed by atoms with Gasteiger partial charge in [-0.15, -0.1) is 0 Å². The van der Waals surface area contributed by atoms with Gasteiger partial charge in [-0.05, 0) is 61.7 Å². The van der Waals surface area contributed by atoms with E-state index in [4.69, 9.17) is 20.3 Å². The summed E-state index contributed by atoms with van der Waals surface area (Å²) in [6.45, 7) is 9.81. The van der Waals surface area contributed by atoms with Crippen molar-refractivity contribution in [3.63, 3.8) is 0 Å². The summed E-state index contributed by atoms with van der Waals surface area (Å²) in [7, 11) is 0. The van der Waals surface area contributed by atoms with E-state index in [1.807, 2.05) is 0 Å². The summed E-state index contributed by atoms with van der Waals surface area (Å²) in [5, 5.41) is 0. The van der Waals surface area contributed by atoms with E-state index in [2.05, 4.69) is 26.8 Å². The van der Waals surface area contributed by atoms with Crippen LogP contribution in [0.3, 0.4) is 0 Å². The Labute approximate surface area is 176 Å². The first-order valence-electron chi connectivity index (χ1n) is 12.3. The van der Waals surface area contributed by atoms with Crippen LogP contribution in [0.15, 0.2) is 23.3 Å². The van der Waals surface area contributed by atoms with Crippen LogP contribution in [0.1, 0.15) is 67.1 Å².